The van der Waals surface area contributed by atoms with Crippen LogP contribution in [-0.2, 0) is 5.33 Å². The summed E-state index contributed by atoms with van der Waals surface area (Å²) in [5.74, 6) is -1.39. The van der Waals surface area contributed by atoms with E-state index in [-0.39, 0.29) is 4.60 Å². The molecule has 3 nitrogen and oxygen atoms in total. The molecule has 1 heterocycles. The molecule has 0 aromatic carbocycles. The van der Waals surface area contributed by atoms with Crippen molar-refractivity contribution in [2.45, 2.75) is 11.8 Å². The maximum Gasteiger partial charge on any atom is 0.336 e. The van der Waals surface area contributed by atoms with Crippen LogP contribution in [0, 0.1) is 0 Å². The molecular weight excluding hydrogens is 340 g/mol. The number of carboxylic acid groups (broad SMARTS) is 1. The maximum absolute atomic E-state index is 12.5. The fourth-order valence-electron chi connectivity index (χ4n) is 1.03. The van der Waals surface area contributed by atoms with Crippen LogP contribution in [0.15, 0.2) is 10.7 Å². The fraction of sp³-hybridized carbons (Fsp3) is 0.250. The molecule has 0 unspecified atom stereocenters. The topological polar surface area (TPSA) is 50.2 Å². The van der Waals surface area contributed by atoms with Crippen molar-refractivity contribution >= 4 is 37.8 Å². The molecule has 0 amide bonds. The van der Waals surface area contributed by atoms with Crippen LogP contribution in [0.4, 0.5) is 8.78 Å². The van der Waals surface area contributed by atoms with Crippen LogP contribution in [0.3, 0.4) is 0 Å². The molecule has 1 N–H and O–H groups in total. The number of carbonyl (C=O) groups is 1. The van der Waals surface area contributed by atoms with E-state index in [1.54, 1.807) is 0 Å². The van der Waals surface area contributed by atoms with Gasteiger partial charge >= 0.3 is 5.97 Å². The molecule has 0 fully saturated rings. The van der Waals surface area contributed by atoms with Gasteiger partial charge in [-0.15, -0.1) is 0 Å². The van der Waals surface area contributed by atoms with E-state index >= 15 is 0 Å². The lowest BCUT2D eigenvalue weighted by Gasteiger charge is -2.08. The highest BCUT2D eigenvalue weighted by Crippen LogP contribution is 2.30. The molecule has 82 valence electrons. The minimum atomic E-state index is -2.87. The van der Waals surface area contributed by atoms with Crippen LogP contribution in [0.1, 0.15) is 28.0 Å². The molecular formula is C8H5Br2F2NO2. The first-order valence-corrected chi connectivity index (χ1v) is 5.65. The molecule has 0 aliphatic rings. The van der Waals surface area contributed by atoms with Crippen molar-refractivity contribution in [1.29, 1.82) is 0 Å². The Bertz CT molecular complexity index is 398. The number of aromatic carboxylic acids is 1. The zero-order valence-electron chi connectivity index (χ0n) is 7.18. The van der Waals surface area contributed by atoms with Crippen molar-refractivity contribution in [3.63, 3.8) is 0 Å². The summed E-state index contributed by atoms with van der Waals surface area (Å²) in [7, 11) is 0. The lowest BCUT2D eigenvalue weighted by molar-refractivity contribution is 0.0683. The average Bonchev–Trinajstić information content (AvgIpc) is 2.15. The third-order valence-corrected chi connectivity index (χ3v) is 2.83. The smallest absolute Gasteiger partial charge is 0.336 e. The number of halogens is 4. The SMILES string of the molecule is O=C(O)c1cc(CBr)nc(Br)c1C(F)F. The van der Waals surface area contributed by atoms with Gasteiger partial charge in [0, 0.05) is 5.33 Å². The number of alkyl halides is 3. The van der Waals surface area contributed by atoms with Crippen LogP contribution in [0.25, 0.3) is 0 Å². The lowest BCUT2D eigenvalue weighted by atomic mass is 10.1. The van der Waals surface area contributed by atoms with Crippen LogP contribution >= 0.6 is 31.9 Å². The molecule has 0 atom stereocenters. The van der Waals surface area contributed by atoms with E-state index in [4.69, 9.17) is 5.11 Å². The second-order valence-corrected chi connectivity index (χ2v) is 3.92. The van der Waals surface area contributed by atoms with Gasteiger partial charge in [0.15, 0.2) is 0 Å². The molecule has 15 heavy (non-hydrogen) atoms. The van der Waals surface area contributed by atoms with Crippen LogP contribution in [0.5, 0.6) is 0 Å². The van der Waals surface area contributed by atoms with Gasteiger partial charge in [-0.1, -0.05) is 15.9 Å². The Morgan fingerprint density at radius 2 is 2.20 bits per heavy atom. The Hall–Kier alpha value is -0.560. The molecule has 0 saturated carbocycles. The molecule has 0 bridgehead atoms. The molecule has 7 heteroatoms. The largest absolute Gasteiger partial charge is 0.478 e. The molecule has 0 saturated heterocycles. The van der Waals surface area contributed by atoms with E-state index in [0.29, 0.717) is 11.0 Å². The van der Waals surface area contributed by atoms with Gasteiger partial charge in [-0.25, -0.2) is 18.6 Å². The highest BCUT2D eigenvalue weighted by atomic mass is 79.9. The third-order valence-electron chi connectivity index (χ3n) is 1.65. The standard InChI is InChI=1S/C8H5Br2F2NO2/c9-2-3-1-4(8(14)15)5(7(11)12)6(10)13-3/h1,7H,2H2,(H,14,15). The van der Waals surface area contributed by atoms with Crippen molar-refractivity contribution in [2.24, 2.45) is 0 Å². The third kappa shape index (κ3) is 2.72. The Morgan fingerprint density at radius 3 is 2.60 bits per heavy atom. The predicted octanol–water partition coefficient (Wildman–Crippen LogP) is 3.37. The zero-order valence-corrected chi connectivity index (χ0v) is 10.3. The van der Waals surface area contributed by atoms with Gasteiger partial charge in [-0.05, 0) is 22.0 Å². The number of pyridine rings is 1. The Morgan fingerprint density at radius 1 is 1.60 bits per heavy atom. The molecule has 1 aromatic rings. The number of aromatic nitrogens is 1. The summed E-state index contributed by atoms with van der Waals surface area (Å²) < 4.78 is 24.9. The summed E-state index contributed by atoms with van der Waals surface area (Å²) in [5.41, 5.74) is -0.641. The summed E-state index contributed by atoms with van der Waals surface area (Å²) in [4.78, 5) is 14.5. The van der Waals surface area contributed by atoms with Gasteiger partial charge in [0.25, 0.3) is 6.43 Å². The van der Waals surface area contributed by atoms with Crippen LogP contribution < -0.4 is 0 Å². The number of hydrogen-bond acceptors (Lipinski definition) is 2. The fourth-order valence-corrected chi connectivity index (χ4v) is 1.93. The van der Waals surface area contributed by atoms with Gasteiger partial charge in [-0.3, -0.25) is 0 Å². The predicted molar refractivity (Wildman–Crippen MR) is 56.5 cm³/mol. The van der Waals surface area contributed by atoms with E-state index in [9.17, 15) is 13.6 Å². The molecule has 1 rings (SSSR count). The number of carboxylic acids is 1. The quantitative estimate of drug-likeness (QED) is 0.675. The van der Waals surface area contributed by atoms with Crippen molar-refractivity contribution in [1.82, 2.24) is 4.98 Å². The lowest BCUT2D eigenvalue weighted by Crippen LogP contribution is -2.07. The summed E-state index contributed by atoms with van der Waals surface area (Å²) >= 11 is 5.91. The Balaban J connectivity index is 3.42. The maximum atomic E-state index is 12.5. The normalized spacial score (nSPS) is 10.7. The number of nitrogens with zero attached hydrogens (tertiary/aromatic N) is 1. The molecule has 0 spiro atoms. The van der Waals surface area contributed by atoms with E-state index in [0.717, 1.165) is 6.07 Å². The average molecular weight is 345 g/mol. The van der Waals surface area contributed by atoms with Gasteiger partial charge in [0.2, 0.25) is 0 Å². The van der Waals surface area contributed by atoms with E-state index in [1.807, 2.05) is 0 Å². The zero-order chi connectivity index (χ0) is 11.6. The Kier molecular flexibility index (Phi) is 4.15. The minimum Gasteiger partial charge on any atom is -0.478 e. The van der Waals surface area contributed by atoms with Gasteiger partial charge in [0.05, 0.1) is 16.8 Å². The second kappa shape index (κ2) is 4.98. The highest BCUT2D eigenvalue weighted by Gasteiger charge is 2.23. The van der Waals surface area contributed by atoms with Crippen molar-refractivity contribution in [3.05, 3.63) is 27.5 Å². The number of hydrogen-bond donors (Lipinski definition) is 1. The molecule has 0 aliphatic carbocycles. The second-order valence-electron chi connectivity index (χ2n) is 2.61. The Labute approximate surface area is 101 Å². The summed E-state index contributed by atoms with van der Waals surface area (Å²) in [6, 6.07) is 1.13. The minimum absolute atomic E-state index is 0.133. The first-order chi connectivity index (χ1) is 6.97. The molecule has 0 aliphatic heterocycles. The highest BCUT2D eigenvalue weighted by molar-refractivity contribution is 9.10. The van der Waals surface area contributed by atoms with E-state index in [1.165, 1.54) is 0 Å². The van der Waals surface area contributed by atoms with Gasteiger partial charge in [0.1, 0.15) is 4.60 Å². The van der Waals surface area contributed by atoms with Gasteiger partial charge < -0.3 is 5.11 Å². The molecule has 1 aromatic heterocycles. The summed E-state index contributed by atoms with van der Waals surface area (Å²) in [5, 5.41) is 9.06. The molecule has 0 radical (unpaired) electrons. The monoisotopic (exact) mass is 343 g/mol. The first-order valence-electron chi connectivity index (χ1n) is 3.74. The van der Waals surface area contributed by atoms with E-state index in [2.05, 4.69) is 36.8 Å². The van der Waals surface area contributed by atoms with Crippen molar-refractivity contribution in [3.8, 4) is 0 Å². The first kappa shape index (κ1) is 12.5. The summed E-state index contributed by atoms with van der Waals surface area (Å²) in [6.07, 6.45) is -2.87. The summed E-state index contributed by atoms with van der Waals surface area (Å²) in [6.45, 7) is 0. The van der Waals surface area contributed by atoms with Gasteiger partial charge in [-0.2, -0.15) is 0 Å². The number of rotatable bonds is 3. The van der Waals surface area contributed by atoms with Crippen molar-refractivity contribution in [2.75, 3.05) is 0 Å². The van der Waals surface area contributed by atoms with Crippen molar-refractivity contribution < 1.29 is 18.7 Å². The van der Waals surface area contributed by atoms with Crippen LogP contribution in [0.2, 0.25) is 0 Å². The van der Waals surface area contributed by atoms with Crippen LogP contribution in [-0.4, -0.2) is 16.1 Å². The van der Waals surface area contributed by atoms with E-state index < -0.39 is 23.5 Å².